The minimum Gasteiger partial charge on any atom is -0.376 e. The molecule has 0 bridgehead atoms. The predicted octanol–water partition coefficient (Wildman–Crippen LogP) is 4.35. The molecule has 4 rings (SSSR count). The Kier molecular flexibility index (Phi) is 5.18. The Morgan fingerprint density at radius 2 is 2.07 bits per heavy atom. The third-order valence-corrected chi connectivity index (χ3v) is 5.70. The third-order valence-electron chi connectivity index (χ3n) is 5.70. The van der Waals surface area contributed by atoms with Crippen LogP contribution in [0.5, 0.6) is 0 Å². The summed E-state index contributed by atoms with van der Waals surface area (Å²) in [4.78, 5) is 12.6. The molecule has 1 atom stereocenters. The molecule has 1 aliphatic heterocycles. The summed E-state index contributed by atoms with van der Waals surface area (Å²) in [6.07, 6.45) is 2.18. The van der Waals surface area contributed by atoms with Crippen LogP contribution in [-0.2, 0) is 11.3 Å². The molecule has 28 heavy (non-hydrogen) atoms. The van der Waals surface area contributed by atoms with Gasteiger partial charge in [0.2, 0.25) is 0 Å². The molecular formula is C23H25FN2O2. The standard InChI is InChI=1S/C23H25FN2O2/c1-15-16(2)26(14-18-6-3-4-8-21(18)24)22-10-9-17(12-20(15)22)23(27)25-13-19-7-5-11-28-19/h3-4,6,8-10,12,19H,5,7,11,13-14H2,1-2H3,(H,25,27). The van der Waals surface area contributed by atoms with Crippen molar-refractivity contribution in [2.24, 2.45) is 0 Å². The molecule has 0 spiro atoms. The number of carbonyl (C=O) groups is 1. The number of aryl methyl sites for hydroxylation is 1. The molecule has 1 unspecified atom stereocenters. The van der Waals surface area contributed by atoms with Gasteiger partial charge in [-0.25, -0.2) is 4.39 Å². The maximum Gasteiger partial charge on any atom is 0.251 e. The van der Waals surface area contributed by atoms with Gasteiger partial charge in [0.15, 0.2) is 0 Å². The first-order valence-electron chi connectivity index (χ1n) is 9.77. The number of nitrogens with one attached hydrogen (secondary N) is 1. The van der Waals surface area contributed by atoms with Crippen molar-refractivity contribution in [3.63, 3.8) is 0 Å². The smallest absolute Gasteiger partial charge is 0.251 e. The molecule has 0 radical (unpaired) electrons. The fraction of sp³-hybridized carbons (Fsp3) is 0.348. The lowest BCUT2D eigenvalue weighted by Crippen LogP contribution is -2.31. The van der Waals surface area contributed by atoms with Crippen LogP contribution < -0.4 is 5.32 Å². The predicted molar refractivity (Wildman–Crippen MR) is 108 cm³/mol. The van der Waals surface area contributed by atoms with Crippen molar-refractivity contribution in [2.75, 3.05) is 13.2 Å². The molecule has 1 aliphatic rings. The number of benzene rings is 2. The number of hydrogen-bond donors (Lipinski definition) is 1. The summed E-state index contributed by atoms with van der Waals surface area (Å²) in [6, 6.07) is 12.6. The Bertz CT molecular complexity index is 1020. The van der Waals surface area contributed by atoms with Crippen LogP contribution in [0.4, 0.5) is 4.39 Å². The minimum absolute atomic E-state index is 0.0868. The average molecular weight is 380 g/mol. The number of ether oxygens (including phenoxy) is 1. The van der Waals surface area contributed by atoms with Crippen molar-refractivity contribution in [3.05, 3.63) is 70.7 Å². The van der Waals surface area contributed by atoms with Crippen LogP contribution in [0.3, 0.4) is 0 Å². The van der Waals surface area contributed by atoms with Gasteiger partial charge in [-0.15, -0.1) is 0 Å². The topological polar surface area (TPSA) is 43.3 Å². The zero-order chi connectivity index (χ0) is 19.7. The Morgan fingerprint density at radius 1 is 1.25 bits per heavy atom. The maximum absolute atomic E-state index is 14.1. The van der Waals surface area contributed by atoms with Crippen LogP contribution in [0.2, 0.25) is 0 Å². The van der Waals surface area contributed by atoms with Crippen molar-refractivity contribution in [1.82, 2.24) is 9.88 Å². The molecule has 146 valence electrons. The molecule has 3 aromatic rings. The first-order chi connectivity index (χ1) is 13.5. The molecule has 4 nitrogen and oxygen atoms in total. The number of halogens is 1. The lowest BCUT2D eigenvalue weighted by atomic mass is 10.1. The van der Waals surface area contributed by atoms with E-state index in [0.29, 0.717) is 24.2 Å². The van der Waals surface area contributed by atoms with Crippen LogP contribution in [0.15, 0.2) is 42.5 Å². The maximum atomic E-state index is 14.1. The zero-order valence-electron chi connectivity index (χ0n) is 16.3. The zero-order valence-corrected chi connectivity index (χ0v) is 16.3. The molecule has 5 heteroatoms. The number of rotatable bonds is 5. The highest BCUT2D eigenvalue weighted by Gasteiger charge is 2.18. The minimum atomic E-state index is -0.202. The number of aromatic nitrogens is 1. The highest BCUT2D eigenvalue weighted by molar-refractivity contribution is 5.99. The van der Waals surface area contributed by atoms with E-state index < -0.39 is 0 Å². The summed E-state index contributed by atoms with van der Waals surface area (Å²) in [6.45, 7) is 5.87. The molecule has 2 heterocycles. The molecule has 2 aromatic carbocycles. The molecule has 0 aliphatic carbocycles. The quantitative estimate of drug-likeness (QED) is 0.715. The van der Waals surface area contributed by atoms with Crippen molar-refractivity contribution in [2.45, 2.75) is 39.3 Å². The largest absolute Gasteiger partial charge is 0.376 e. The van der Waals surface area contributed by atoms with E-state index in [1.54, 1.807) is 6.07 Å². The summed E-state index contributed by atoms with van der Waals surface area (Å²) in [7, 11) is 0. The third kappa shape index (κ3) is 3.54. The Balaban J connectivity index is 1.60. The number of hydrogen-bond acceptors (Lipinski definition) is 2. The van der Waals surface area contributed by atoms with Crippen LogP contribution >= 0.6 is 0 Å². The second-order valence-electron chi connectivity index (χ2n) is 7.46. The summed E-state index contributed by atoms with van der Waals surface area (Å²) in [5, 5.41) is 4.00. The van der Waals surface area contributed by atoms with Gasteiger partial charge in [0.1, 0.15) is 5.82 Å². The van der Waals surface area contributed by atoms with Gasteiger partial charge in [-0.2, -0.15) is 0 Å². The molecule has 1 amide bonds. The van der Waals surface area contributed by atoms with Crippen LogP contribution in [0.1, 0.15) is 40.0 Å². The fourth-order valence-electron chi connectivity index (χ4n) is 3.91. The summed E-state index contributed by atoms with van der Waals surface area (Å²) >= 11 is 0. The summed E-state index contributed by atoms with van der Waals surface area (Å²) in [5.74, 6) is -0.289. The summed E-state index contributed by atoms with van der Waals surface area (Å²) < 4.78 is 21.8. The van der Waals surface area contributed by atoms with Gasteiger partial charge in [0, 0.05) is 40.9 Å². The van der Waals surface area contributed by atoms with Gasteiger partial charge in [0.05, 0.1) is 12.6 Å². The Hall–Kier alpha value is -2.66. The van der Waals surface area contributed by atoms with Crippen molar-refractivity contribution in [1.29, 1.82) is 0 Å². The van der Waals surface area contributed by atoms with Crippen molar-refractivity contribution in [3.8, 4) is 0 Å². The normalized spacial score (nSPS) is 16.6. The van der Waals surface area contributed by atoms with Gasteiger partial charge < -0.3 is 14.6 Å². The van der Waals surface area contributed by atoms with E-state index in [4.69, 9.17) is 4.74 Å². The monoisotopic (exact) mass is 380 g/mol. The highest BCUT2D eigenvalue weighted by Crippen LogP contribution is 2.27. The van der Waals surface area contributed by atoms with Gasteiger partial charge in [-0.05, 0) is 56.5 Å². The molecule has 1 N–H and O–H groups in total. The second kappa shape index (κ2) is 7.76. The SMILES string of the molecule is Cc1c(C)n(Cc2ccccc2F)c2ccc(C(=O)NCC3CCCO3)cc12. The van der Waals surface area contributed by atoms with E-state index in [9.17, 15) is 9.18 Å². The first kappa shape index (κ1) is 18.7. The van der Waals surface area contributed by atoms with E-state index >= 15 is 0 Å². The number of amides is 1. The van der Waals surface area contributed by atoms with Crippen LogP contribution in [0, 0.1) is 19.7 Å². The van der Waals surface area contributed by atoms with E-state index in [2.05, 4.69) is 9.88 Å². The molecule has 1 fully saturated rings. The van der Waals surface area contributed by atoms with Gasteiger partial charge in [-0.1, -0.05) is 18.2 Å². The Morgan fingerprint density at radius 3 is 2.82 bits per heavy atom. The average Bonchev–Trinajstić information content (AvgIpc) is 3.30. The fourth-order valence-corrected chi connectivity index (χ4v) is 3.91. The molecule has 0 saturated carbocycles. The van der Waals surface area contributed by atoms with E-state index in [-0.39, 0.29) is 17.8 Å². The van der Waals surface area contributed by atoms with Crippen LogP contribution in [0.25, 0.3) is 10.9 Å². The number of carbonyl (C=O) groups excluding carboxylic acids is 1. The molecular weight excluding hydrogens is 355 g/mol. The summed E-state index contributed by atoms with van der Waals surface area (Å²) in [5.41, 5.74) is 4.49. The van der Waals surface area contributed by atoms with Gasteiger partial charge >= 0.3 is 0 Å². The van der Waals surface area contributed by atoms with Crippen molar-refractivity contribution < 1.29 is 13.9 Å². The Labute approximate surface area is 164 Å². The van der Waals surface area contributed by atoms with Gasteiger partial charge in [0.25, 0.3) is 5.91 Å². The van der Waals surface area contributed by atoms with Gasteiger partial charge in [-0.3, -0.25) is 4.79 Å². The lowest BCUT2D eigenvalue weighted by Gasteiger charge is -2.11. The van der Waals surface area contributed by atoms with E-state index in [1.165, 1.54) is 6.07 Å². The molecule has 1 aromatic heterocycles. The van der Waals surface area contributed by atoms with Crippen molar-refractivity contribution >= 4 is 16.8 Å². The first-order valence-corrected chi connectivity index (χ1v) is 9.77. The molecule has 1 saturated heterocycles. The number of nitrogens with zero attached hydrogens (tertiary/aromatic N) is 1. The number of fused-ring (bicyclic) bond motifs is 1. The second-order valence-corrected chi connectivity index (χ2v) is 7.46. The van der Waals surface area contributed by atoms with E-state index in [0.717, 1.165) is 41.6 Å². The van der Waals surface area contributed by atoms with E-state index in [1.807, 2.05) is 44.2 Å². The lowest BCUT2D eigenvalue weighted by molar-refractivity contribution is 0.0858. The van der Waals surface area contributed by atoms with Crippen LogP contribution in [-0.4, -0.2) is 29.7 Å². The highest BCUT2D eigenvalue weighted by atomic mass is 19.1.